The second-order valence-electron chi connectivity index (χ2n) is 7.20. The predicted octanol–water partition coefficient (Wildman–Crippen LogP) is 5.96. The van der Waals surface area contributed by atoms with Gasteiger partial charge >= 0.3 is 5.97 Å². The Morgan fingerprint density at radius 3 is 2.38 bits per heavy atom. The van der Waals surface area contributed by atoms with E-state index >= 15 is 0 Å². The van der Waals surface area contributed by atoms with E-state index < -0.39 is 10.8 Å². The molecule has 3 rings (SSSR count). The molecule has 0 N–H and O–H groups in total. The number of halogens is 1. The monoisotopic (exact) mass is 497 g/mol. The van der Waals surface area contributed by atoms with Crippen LogP contribution in [0.25, 0.3) is 0 Å². The van der Waals surface area contributed by atoms with Gasteiger partial charge in [-0.25, -0.2) is 0 Å². The molecule has 166 valence electrons. The number of hydrogen-bond donors (Lipinski definition) is 0. The fourth-order valence-electron chi connectivity index (χ4n) is 3.42. The molecule has 0 fully saturated rings. The van der Waals surface area contributed by atoms with Gasteiger partial charge in [-0.3, -0.25) is 14.9 Å². The Hall–Kier alpha value is -3.19. The molecule has 7 heteroatoms. The number of nitro groups is 1. The molecule has 0 spiro atoms. The summed E-state index contributed by atoms with van der Waals surface area (Å²) in [5.74, 6) is -0.186. The minimum absolute atomic E-state index is 0.00859. The van der Waals surface area contributed by atoms with Crippen molar-refractivity contribution in [3.63, 3.8) is 0 Å². The first-order valence-corrected chi connectivity index (χ1v) is 11.4. The van der Waals surface area contributed by atoms with Gasteiger partial charge in [0.2, 0.25) is 0 Å². The van der Waals surface area contributed by atoms with Crippen LogP contribution in [0.5, 0.6) is 5.75 Å². The van der Waals surface area contributed by atoms with Crippen molar-refractivity contribution in [1.29, 1.82) is 0 Å². The number of carbonyl (C=O) groups is 1. The summed E-state index contributed by atoms with van der Waals surface area (Å²) in [6.07, 6.45) is 0.412. The van der Waals surface area contributed by atoms with Gasteiger partial charge in [0.25, 0.3) is 5.69 Å². The molecule has 0 radical (unpaired) electrons. The number of hydrogen-bond acceptors (Lipinski definition) is 5. The Kier molecular flexibility index (Phi) is 8.39. The van der Waals surface area contributed by atoms with Crippen LogP contribution in [0.2, 0.25) is 0 Å². The summed E-state index contributed by atoms with van der Waals surface area (Å²) in [6, 6.07) is 22.1. The number of rotatable bonds is 10. The zero-order valence-corrected chi connectivity index (χ0v) is 19.3. The maximum atomic E-state index is 12.8. The molecule has 0 aliphatic rings. The number of nitro benzene ring substituents is 1. The minimum Gasteiger partial charge on any atom is -0.489 e. The number of alkyl halides is 1. The molecule has 0 aromatic heterocycles. The lowest BCUT2D eigenvalue weighted by atomic mass is 9.89. The van der Waals surface area contributed by atoms with E-state index in [9.17, 15) is 14.9 Å². The molecule has 0 amide bonds. The summed E-state index contributed by atoms with van der Waals surface area (Å²) >= 11 is 3.39. The van der Waals surface area contributed by atoms with Crippen molar-refractivity contribution >= 4 is 27.6 Å². The Bertz CT molecular complexity index is 1050. The normalized spacial score (nSPS) is 11.6. The second kappa shape index (κ2) is 11.4. The highest BCUT2D eigenvalue weighted by Crippen LogP contribution is 2.30. The topological polar surface area (TPSA) is 78.7 Å². The lowest BCUT2D eigenvalue weighted by Gasteiger charge is -2.19. The summed E-state index contributed by atoms with van der Waals surface area (Å²) in [4.78, 5) is 23.5. The average molecular weight is 498 g/mol. The van der Waals surface area contributed by atoms with Crippen molar-refractivity contribution < 1.29 is 19.2 Å². The number of ether oxygens (including phenoxy) is 2. The van der Waals surface area contributed by atoms with Crippen LogP contribution in [0.15, 0.2) is 72.8 Å². The Morgan fingerprint density at radius 1 is 1.03 bits per heavy atom. The molecular formula is C25H24BrNO5. The third-order valence-corrected chi connectivity index (χ3v) is 5.64. The first-order valence-electron chi connectivity index (χ1n) is 10.3. The average Bonchev–Trinajstić information content (AvgIpc) is 2.82. The molecule has 3 aromatic rings. The minimum atomic E-state index is -0.570. The molecule has 0 bridgehead atoms. The van der Waals surface area contributed by atoms with Crippen LogP contribution in [0.1, 0.15) is 35.1 Å². The van der Waals surface area contributed by atoms with Gasteiger partial charge in [0.1, 0.15) is 12.4 Å². The molecule has 1 unspecified atom stereocenters. The third-order valence-electron chi connectivity index (χ3n) is 5.04. The molecule has 0 saturated heterocycles. The van der Waals surface area contributed by atoms with Gasteiger partial charge in [-0.1, -0.05) is 64.5 Å². The van der Waals surface area contributed by atoms with E-state index in [0.717, 1.165) is 22.4 Å². The summed E-state index contributed by atoms with van der Waals surface area (Å²) < 4.78 is 11.1. The van der Waals surface area contributed by atoms with E-state index in [1.807, 2.05) is 54.6 Å². The van der Waals surface area contributed by atoms with Crippen molar-refractivity contribution in [2.24, 2.45) is 0 Å². The third kappa shape index (κ3) is 6.17. The molecule has 0 heterocycles. The van der Waals surface area contributed by atoms with Crippen LogP contribution in [0.4, 0.5) is 5.69 Å². The Balaban J connectivity index is 1.79. The Labute approximate surface area is 195 Å². The summed E-state index contributed by atoms with van der Waals surface area (Å²) in [5.41, 5.74) is 3.43. The smallest absolute Gasteiger partial charge is 0.313 e. The number of non-ortho nitro benzene ring substituents is 1. The van der Waals surface area contributed by atoms with Crippen LogP contribution in [-0.4, -0.2) is 17.5 Å². The molecule has 3 aromatic carbocycles. The van der Waals surface area contributed by atoms with Gasteiger partial charge < -0.3 is 9.47 Å². The second-order valence-corrected chi connectivity index (χ2v) is 7.76. The van der Waals surface area contributed by atoms with Gasteiger partial charge in [0.05, 0.1) is 17.4 Å². The highest BCUT2D eigenvalue weighted by Gasteiger charge is 2.26. The fourth-order valence-corrected chi connectivity index (χ4v) is 3.91. The zero-order valence-electron chi connectivity index (χ0n) is 17.7. The van der Waals surface area contributed by atoms with Crippen LogP contribution in [-0.2, 0) is 27.9 Å². The molecule has 32 heavy (non-hydrogen) atoms. The molecular weight excluding hydrogens is 474 g/mol. The van der Waals surface area contributed by atoms with Crippen molar-refractivity contribution in [2.45, 2.75) is 31.2 Å². The number of carbonyl (C=O) groups excluding carboxylic acids is 1. The summed E-state index contributed by atoms with van der Waals surface area (Å²) in [7, 11) is 0. The van der Waals surface area contributed by atoms with E-state index in [2.05, 4.69) is 15.9 Å². The van der Waals surface area contributed by atoms with Crippen LogP contribution in [0.3, 0.4) is 0 Å². The van der Waals surface area contributed by atoms with E-state index in [1.54, 1.807) is 13.0 Å². The first-order chi connectivity index (χ1) is 15.5. The number of nitrogens with zero attached hydrogens (tertiary/aromatic N) is 1. The van der Waals surface area contributed by atoms with E-state index in [0.29, 0.717) is 23.9 Å². The van der Waals surface area contributed by atoms with Crippen LogP contribution < -0.4 is 4.74 Å². The van der Waals surface area contributed by atoms with Crippen molar-refractivity contribution in [2.75, 3.05) is 6.61 Å². The summed E-state index contributed by atoms with van der Waals surface area (Å²) in [6.45, 7) is 2.50. The zero-order chi connectivity index (χ0) is 22.9. The van der Waals surface area contributed by atoms with Gasteiger partial charge in [0, 0.05) is 17.5 Å². The Morgan fingerprint density at radius 2 is 1.75 bits per heavy atom. The molecule has 1 atom stereocenters. The quantitative estimate of drug-likeness (QED) is 0.149. The number of benzene rings is 3. The van der Waals surface area contributed by atoms with Crippen molar-refractivity contribution in [1.82, 2.24) is 0 Å². The lowest BCUT2D eigenvalue weighted by molar-refractivity contribution is -0.384. The lowest BCUT2D eigenvalue weighted by Crippen LogP contribution is -2.19. The molecule has 0 saturated carbocycles. The molecule has 6 nitrogen and oxygen atoms in total. The van der Waals surface area contributed by atoms with Crippen molar-refractivity contribution in [3.8, 4) is 5.75 Å². The van der Waals surface area contributed by atoms with E-state index in [4.69, 9.17) is 9.47 Å². The van der Waals surface area contributed by atoms with Gasteiger partial charge in [-0.15, -0.1) is 0 Å². The van der Waals surface area contributed by atoms with Gasteiger partial charge in [-0.05, 0) is 47.7 Å². The highest BCUT2D eigenvalue weighted by molar-refractivity contribution is 9.08. The van der Waals surface area contributed by atoms with Gasteiger partial charge in [-0.2, -0.15) is 0 Å². The number of esters is 1. The maximum Gasteiger partial charge on any atom is 0.313 e. The molecule has 0 aliphatic carbocycles. The predicted molar refractivity (Wildman–Crippen MR) is 126 cm³/mol. The van der Waals surface area contributed by atoms with E-state index in [1.165, 1.54) is 12.1 Å². The fraction of sp³-hybridized carbons (Fsp3) is 0.240. The van der Waals surface area contributed by atoms with E-state index in [-0.39, 0.29) is 18.3 Å². The first kappa shape index (κ1) is 23.5. The standard InChI is InChI=1S/C25H24BrNO5/c1-2-31-25(28)24(23-13-10-21(27(29)30)15-20(23)16-26)14-18-8-11-22(12-9-18)32-17-19-6-4-3-5-7-19/h3-13,15,24H,2,14,16-17H2,1H3. The summed E-state index contributed by atoms with van der Waals surface area (Å²) in [5, 5.41) is 11.5. The SMILES string of the molecule is CCOC(=O)C(Cc1ccc(OCc2ccccc2)cc1)c1ccc([N+](=O)[O-])cc1CBr. The van der Waals surface area contributed by atoms with Gasteiger partial charge in [0.15, 0.2) is 0 Å². The van der Waals surface area contributed by atoms with Crippen LogP contribution in [0, 0.1) is 10.1 Å². The highest BCUT2D eigenvalue weighted by atomic mass is 79.9. The van der Waals surface area contributed by atoms with Crippen LogP contribution >= 0.6 is 15.9 Å². The largest absolute Gasteiger partial charge is 0.489 e. The maximum absolute atomic E-state index is 12.8. The van der Waals surface area contributed by atoms with Crippen molar-refractivity contribution in [3.05, 3.63) is 105 Å². The molecule has 0 aliphatic heterocycles.